The van der Waals surface area contributed by atoms with Gasteiger partial charge in [0.15, 0.2) is 0 Å². The summed E-state index contributed by atoms with van der Waals surface area (Å²) in [6.45, 7) is 3.18. The summed E-state index contributed by atoms with van der Waals surface area (Å²) >= 11 is 1.83. The van der Waals surface area contributed by atoms with Gasteiger partial charge in [-0.3, -0.25) is 9.88 Å². The maximum atomic E-state index is 6.49. The molecule has 3 nitrogen and oxygen atoms in total. The summed E-state index contributed by atoms with van der Waals surface area (Å²) < 4.78 is 0. The number of rotatable bonds is 7. The standard InChI is InChI=1S/C17H23N3S/c1-2-16(18)17(13-7-9-19-10-8-13)20(14-5-6-14)12-15-4-3-11-21-15/h3-4,7-11,14,16-17H,2,5-6,12,18H2,1H3. The Morgan fingerprint density at radius 2 is 2.10 bits per heavy atom. The Bertz CT molecular complexity index is 536. The average molecular weight is 301 g/mol. The van der Waals surface area contributed by atoms with Crippen molar-refractivity contribution >= 4 is 11.3 Å². The van der Waals surface area contributed by atoms with Crippen molar-refractivity contribution in [1.29, 1.82) is 0 Å². The van der Waals surface area contributed by atoms with Crippen molar-refractivity contribution in [3.63, 3.8) is 0 Å². The van der Waals surface area contributed by atoms with E-state index in [4.69, 9.17) is 5.73 Å². The molecule has 1 aliphatic carbocycles. The highest BCUT2D eigenvalue weighted by atomic mass is 32.1. The van der Waals surface area contributed by atoms with Gasteiger partial charge < -0.3 is 5.73 Å². The first-order chi connectivity index (χ1) is 10.3. The maximum Gasteiger partial charge on any atom is 0.0506 e. The molecule has 0 amide bonds. The molecular weight excluding hydrogens is 278 g/mol. The fourth-order valence-corrected chi connectivity index (χ4v) is 3.62. The topological polar surface area (TPSA) is 42.1 Å². The zero-order chi connectivity index (χ0) is 14.7. The summed E-state index contributed by atoms with van der Waals surface area (Å²) in [7, 11) is 0. The van der Waals surface area contributed by atoms with Gasteiger partial charge in [-0.1, -0.05) is 13.0 Å². The Labute approximate surface area is 130 Å². The molecule has 2 unspecified atom stereocenters. The van der Waals surface area contributed by atoms with Crippen molar-refractivity contribution in [1.82, 2.24) is 9.88 Å². The molecule has 2 atom stereocenters. The van der Waals surface area contributed by atoms with Crippen LogP contribution in [0.15, 0.2) is 42.0 Å². The molecular formula is C17H23N3S. The predicted molar refractivity (Wildman–Crippen MR) is 88.1 cm³/mol. The van der Waals surface area contributed by atoms with Crippen LogP contribution in [0.1, 0.15) is 42.7 Å². The highest BCUT2D eigenvalue weighted by Crippen LogP contribution is 2.38. The molecule has 2 aromatic rings. The van der Waals surface area contributed by atoms with Crippen molar-refractivity contribution in [2.45, 2.75) is 50.9 Å². The van der Waals surface area contributed by atoms with E-state index in [1.807, 2.05) is 23.7 Å². The second-order valence-corrected chi connectivity index (χ2v) is 6.81. The molecule has 0 radical (unpaired) electrons. The van der Waals surface area contributed by atoms with Crippen LogP contribution in [-0.4, -0.2) is 22.0 Å². The molecule has 0 bridgehead atoms. The Morgan fingerprint density at radius 1 is 1.33 bits per heavy atom. The van der Waals surface area contributed by atoms with Crippen LogP contribution in [0.3, 0.4) is 0 Å². The van der Waals surface area contributed by atoms with Crippen LogP contribution in [0.4, 0.5) is 0 Å². The van der Waals surface area contributed by atoms with Crippen molar-refractivity contribution in [3.8, 4) is 0 Å². The summed E-state index contributed by atoms with van der Waals surface area (Å²) in [4.78, 5) is 8.18. The molecule has 4 heteroatoms. The summed E-state index contributed by atoms with van der Waals surface area (Å²) in [5.74, 6) is 0. The lowest BCUT2D eigenvalue weighted by Crippen LogP contribution is -2.41. The lowest BCUT2D eigenvalue weighted by molar-refractivity contribution is 0.152. The zero-order valence-electron chi connectivity index (χ0n) is 12.5. The molecule has 0 saturated heterocycles. The van der Waals surface area contributed by atoms with E-state index in [0.29, 0.717) is 6.04 Å². The summed E-state index contributed by atoms with van der Waals surface area (Å²) in [5.41, 5.74) is 7.78. The van der Waals surface area contributed by atoms with E-state index in [-0.39, 0.29) is 12.1 Å². The first-order valence-corrected chi connectivity index (χ1v) is 8.61. The molecule has 0 aromatic carbocycles. The minimum atomic E-state index is 0.160. The van der Waals surface area contributed by atoms with Gasteiger partial charge in [-0.15, -0.1) is 11.3 Å². The van der Waals surface area contributed by atoms with Crippen LogP contribution in [0.2, 0.25) is 0 Å². The summed E-state index contributed by atoms with van der Waals surface area (Å²) in [5, 5.41) is 2.15. The van der Waals surface area contributed by atoms with Gasteiger partial charge in [0.25, 0.3) is 0 Å². The van der Waals surface area contributed by atoms with E-state index in [2.05, 4.69) is 46.5 Å². The summed E-state index contributed by atoms with van der Waals surface area (Å²) in [6, 6.07) is 9.71. The van der Waals surface area contributed by atoms with Gasteiger partial charge in [0.2, 0.25) is 0 Å². The largest absolute Gasteiger partial charge is 0.326 e. The lowest BCUT2D eigenvalue weighted by atomic mass is 9.96. The number of hydrogen-bond donors (Lipinski definition) is 1. The minimum Gasteiger partial charge on any atom is -0.326 e. The average Bonchev–Trinajstić information content (AvgIpc) is 3.24. The fraction of sp³-hybridized carbons (Fsp3) is 0.471. The van der Waals surface area contributed by atoms with Gasteiger partial charge in [-0.05, 0) is 48.4 Å². The first kappa shape index (κ1) is 14.7. The van der Waals surface area contributed by atoms with Crippen LogP contribution in [0, 0.1) is 0 Å². The third kappa shape index (κ3) is 3.51. The SMILES string of the molecule is CCC(N)C(c1ccncc1)N(Cc1cccs1)C1CC1. The second-order valence-electron chi connectivity index (χ2n) is 5.78. The van der Waals surface area contributed by atoms with E-state index < -0.39 is 0 Å². The van der Waals surface area contributed by atoms with E-state index in [1.54, 1.807) is 0 Å². The van der Waals surface area contributed by atoms with Crippen molar-refractivity contribution < 1.29 is 0 Å². The number of aromatic nitrogens is 1. The molecule has 2 aromatic heterocycles. The quantitative estimate of drug-likeness (QED) is 0.850. The molecule has 21 heavy (non-hydrogen) atoms. The van der Waals surface area contributed by atoms with Crippen LogP contribution in [0.25, 0.3) is 0 Å². The smallest absolute Gasteiger partial charge is 0.0506 e. The van der Waals surface area contributed by atoms with Crippen LogP contribution < -0.4 is 5.73 Å². The molecule has 3 rings (SSSR count). The highest BCUT2D eigenvalue weighted by Gasteiger charge is 2.37. The van der Waals surface area contributed by atoms with Crippen molar-refractivity contribution in [2.75, 3.05) is 0 Å². The maximum absolute atomic E-state index is 6.49. The monoisotopic (exact) mass is 301 g/mol. The molecule has 1 fully saturated rings. The fourth-order valence-electron chi connectivity index (χ4n) is 2.91. The Hall–Kier alpha value is -1.23. The number of hydrogen-bond acceptors (Lipinski definition) is 4. The minimum absolute atomic E-state index is 0.160. The number of nitrogens with two attached hydrogens (primary N) is 1. The number of thiophene rings is 1. The summed E-state index contributed by atoms with van der Waals surface area (Å²) in [6.07, 6.45) is 7.33. The van der Waals surface area contributed by atoms with Gasteiger partial charge in [0, 0.05) is 35.9 Å². The van der Waals surface area contributed by atoms with Crippen molar-refractivity contribution in [2.24, 2.45) is 5.73 Å². The van der Waals surface area contributed by atoms with Gasteiger partial charge in [-0.25, -0.2) is 0 Å². The molecule has 0 aliphatic heterocycles. The van der Waals surface area contributed by atoms with E-state index in [0.717, 1.165) is 13.0 Å². The third-order valence-electron chi connectivity index (χ3n) is 4.22. The Kier molecular flexibility index (Phi) is 4.68. The van der Waals surface area contributed by atoms with Crippen LogP contribution in [-0.2, 0) is 6.54 Å². The van der Waals surface area contributed by atoms with Gasteiger partial charge in [0.05, 0.1) is 6.04 Å². The molecule has 2 heterocycles. The van der Waals surface area contributed by atoms with E-state index >= 15 is 0 Å². The molecule has 1 aliphatic rings. The van der Waals surface area contributed by atoms with Crippen LogP contribution in [0.5, 0.6) is 0 Å². The van der Waals surface area contributed by atoms with E-state index in [1.165, 1.54) is 23.3 Å². The first-order valence-electron chi connectivity index (χ1n) is 7.73. The normalized spacial score (nSPS) is 17.9. The molecule has 2 N–H and O–H groups in total. The predicted octanol–water partition coefficient (Wildman–Crippen LogP) is 3.59. The van der Waals surface area contributed by atoms with Gasteiger partial charge in [0.1, 0.15) is 0 Å². The Morgan fingerprint density at radius 3 is 2.67 bits per heavy atom. The van der Waals surface area contributed by atoms with Gasteiger partial charge >= 0.3 is 0 Å². The number of pyridine rings is 1. The third-order valence-corrected chi connectivity index (χ3v) is 5.08. The molecule has 0 spiro atoms. The van der Waals surface area contributed by atoms with Crippen LogP contribution >= 0.6 is 11.3 Å². The molecule has 1 saturated carbocycles. The van der Waals surface area contributed by atoms with E-state index in [9.17, 15) is 0 Å². The highest BCUT2D eigenvalue weighted by molar-refractivity contribution is 7.09. The Balaban J connectivity index is 1.88. The molecule has 112 valence electrons. The van der Waals surface area contributed by atoms with Crippen molar-refractivity contribution in [3.05, 3.63) is 52.5 Å². The lowest BCUT2D eigenvalue weighted by Gasteiger charge is -2.35. The number of nitrogens with zero attached hydrogens (tertiary/aromatic N) is 2. The second kappa shape index (κ2) is 6.69. The zero-order valence-corrected chi connectivity index (χ0v) is 13.3. The van der Waals surface area contributed by atoms with Gasteiger partial charge in [-0.2, -0.15) is 0 Å².